The second-order valence-electron chi connectivity index (χ2n) is 5.04. The fourth-order valence-electron chi connectivity index (χ4n) is 2.67. The SMILES string of the molecule is Cc1ccnc(N(CCCN)C2CCCC2)c1Br. The summed E-state index contributed by atoms with van der Waals surface area (Å²) in [5.41, 5.74) is 6.91. The van der Waals surface area contributed by atoms with Gasteiger partial charge in [-0.3, -0.25) is 0 Å². The Morgan fingerprint density at radius 3 is 2.83 bits per heavy atom. The van der Waals surface area contributed by atoms with Gasteiger partial charge in [-0.25, -0.2) is 4.98 Å². The Morgan fingerprint density at radius 1 is 1.44 bits per heavy atom. The van der Waals surface area contributed by atoms with E-state index in [-0.39, 0.29) is 0 Å². The average molecular weight is 312 g/mol. The normalized spacial score (nSPS) is 16.2. The van der Waals surface area contributed by atoms with Crippen molar-refractivity contribution in [3.05, 3.63) is 22.3 Å². The van der Waals surface area contributed by atoms with E-state index in [1.54, 1.807) is 0 Å². The molecule has 3 nitrogen and oxygen atoms in total. The smallest absolute Gasteiger partial charge is 0.143 e. The summed E-state index contributed by atoms with van der Waals surface area (Å²) in [6.45, 7) is 3.87. The first kappa shape index (κ1) is 13.8. The largest absolute Gasteiger partial charge is 0.353 e. The summed E-state index contributed by atoms with van der Waals surface area (Å²) in [6, 6.07) is 2.69. The summed E-state index contributed by atoms with van der Waals surface area (Å²) >= 11 is 3.68. The number of nitrogens with two attached hydrogens (primary N) is 1. The van der Waals surface area contributed by atoms with E-state index in [1.807, 2.05) is 12.3 Å². The number of nitrogens with zero attached hydrogens (tertiary/aromatic N) is 2. The summed E-state index contributed by atoms with van der Waals surface area (Å²) in [6.07, 6.45) is 8.18. The van der Waals surface area contributed by atoms with E-state index in [2.05, 4.69) is 32.7 Å². The van der Waals surface area contributed by atoms with Crippen LogP contribution in [0.3, 0.4) is 0 Å². The first-order chi connectivity index (χ1) is 8.74. The summed E-state index contributed by atoms with van der Waals surface area (Å²) in [4.78, 5) is 7.03. The van der Waals surface area contributed by atoms with Crippen LogP contribution < -0.4 is 10.6 Å². The number of aromatic nitrogens is 1. The summed E-state index contributed by atoms with van der Waals surface area (Å²) in [7, 11) is 0. The molecule has 0 aromatic carbocycles. The number of hydrogen-bond donors (Lipinski definition) is 1. The van der Waals surface area contributed by atoms with Crippen LogP contribution in [0.1, 0.15) is 37.7 Å². The van der Waals surface area contributed by atoms with Gasteiger partial charge in [-0.2, -0.15) is 0 Å². The predicted octanol–water partition coefficient (Wildman–Crippen LogP) is 3.25. The van der Waals surface area contributed by atoms with Gasteiger partial charge in [0.05, 0.1) is 4.47 Å². The van der Waals surface area contributed by atoms with Crippen molar-refractivity contribution >= 4 is 21.7 Å². The van der Waals surface area contributed by atoms with Crippen LogP contribution in [0.15, 0.2) is 16.7 Å². The maximum absolute atomic E-state index is 5.66. The average Bonchev–Trinajstić information content (AvgIpc) is 2.88. The third-order valence-corrected chi connectivity index (χ3v) is 4.68. The molecule has 0 aliphatic heterocycles. The van der Waals surface area contributed by atoms with Crippen LogP contribution in [0.4, 0.5) is 5.82 Å². The molecule has 1 heterocycles. The minimum atomic E-state index is 0.641. The molecule has 0 bridgehead atoms. The van der Waals surface area contributed by atoms with Crippen LogP contribution in [-0.2, 0) is 0 Å². The second-order valence-corrected chi connectivity index (χ2v) is 5.83. The van der Waals surface area contributed by atoms with E-state index < -0.39 is 0 Å². The molecule has 0 radical (unpaired) electrons. The lowest BCUT2D eigenvalue weighted by atomic mass is 10.2. The Bertz CT molecular complexity index is 389. The van der Waals surface area contributed by atoms with Crippen LogP contribution in [0, 0.1) is 6.92 Å². The molecular weight excluding hydrogens is 290 g/mol. The highest BCUT2D eigenvalue weighted by Gasteiger charge is 2.25. The highest BCUT2D eigenvalue weighted by molar-refractivity contribution is 9.10. The van der Waals surface area contributed by atoms with E-state index in [1.165, 1.54) is 31.2 Å². The number of anilines is 1. The van der Waals surface area contributed by atoms with Crippen molar-refractivity contribution in [3.8, 4) is 0 Å². The standard InChI is InChI=1S/C14H22BrN3/c1-11-7-9-17-14(13(11)15)18(10-4-8-16)12-5-2-3-6-12/h7,9,12H,2-6,8,10,16H2,1H3. The van der Waals surface area contributed by atoms with E-state index in [9.17, 15) is 0 Å². The summed E-state index contributed by atoms with van der Waals surface area (Å²) in [5, 5.41) is 0. The van der Waals surface area contributed by atoms with Crippen molar-refractivity contribution < 1.29 is 0 Å². The van der Waals surface area contributed by atoms with E-state index >= 15 is 0 Å². The molecule has 100 valence electrons. The molecule has 1 saturated carbocycles. The fourth-order valence-corrected chi connectivity index (χ4v) is 3.13. The number of pyridine rings is 1. The lowest BCUT2D eigenvalue weighted by molar-refractivity contribution is 0.586. The molecule has 1 aliphatic carbocycles. The van der Waals surface area contributed by atoms with Gasteiger partial charge in [0.15, 0.2) is 0 Å². The number of aryl methyl sites for hydroxylation is 1. The van der Waals surface area contributed by atoms with Gasteiger partial charge in [0.1, 0.15) is 5.82 Å². The molecule has 1 aliphatic rings. The maximum atomic E-state index is 5.66. The van der Waals surface area contributed by atoms with Gasteiger partial charge >= 0.3 is 0 Å². The zero-order valence-corrected chi connectivity index (χ0v) is 12.6. The molecule has 1 fully saturated rings. The molecule has 2 rings (SSSR count). The second kappa shape index (κ2) is 6.53. The monoisotopic (exact) mass is 311 g/mol. The van der Waals surface area contributed by atoms with Crippen molar-refractivity contribution in [2.45, 2.75) is 45.1 Å². The van der Waals surface area contributed by atoms with Crippen molar-refractivity contribution in [1.82, 2.24) is 4.98 Å². The van der Waals surface area contributed by atoms with Gasteiger partial charge in [0, 0.05) is 18.8 Å². The first-order valence-electron chi connectivity index (χ1n) is 6.82. The lowest BCUT2D eigenvalue weighted by Crippen LogP contribution is -2.36. The van der Waals surface area contributed by atoms with Gasteiger partial charge in [-0.1, -0.05) is 12.8 Å². The van der Waals surface area contributed by atoms with Crippen molar-refractivity contribution in [1.29, 1.82) is 0 Å². The highest BCUT2D eigenvalue weighted by atomic mass is 79.9. The molecule has 2 N–H and O–H groups in total. The Kier molecular flexibility index (Phi) is 5.01. The fraction of sp³-hybridized carbons (Fsp3) is 0.643. The van der Waals surface area contributed by atoms with E-state index in [0.717, 1.165) is 29.8 Å². The van der Waals surface area contributed by atoms with Crippen LogP contribution in [0.25, 0.3) is 0 Å². The molecular formula is C14H22BrN3. The van der Waals surface area contributed by atoms with Crippen molar-refractivity contribution in [3.63, 3.8) is 0 Å². The van der Waals surface area contributed by atoms with Gasteiger partial charge in [0.2, 0.25) is 0 Å². The molecule has 0 saturated heterocycles. The Balaban J connectivity index is 2.23. The Hall–Kier alpha value is -0.610. The maximum Gasteiger partial charge on any atom is 0.143 e. The van der Waals surface area contributed by atoms with Gasteiger partial charge < -0.3 is 10.6 Å². The summed E-state index contributed by atoms with van der Waals surface area (Å²) in [5.74, 6) is 1.09. The van der Waals surface area contributed by atoms with Crippen molar-refractivity contribution in [2.24, 2.45) is 5.73 Å². The molecule has 1 aromatic heterocycles. The van der Waals surface area contributed by atoms with Gasteiger partial charge in [-0.05, 0) is 60.3 Å². The van der Waals surface area contributed by atoms with Gasteiger partial charge in [0.25, 0.3) is 0 Å². The number of halogens is 1. The minimum absolute atomic E-state index is 0.641. The highest BCUT2D eigenvalue weighted by Crippen LogP contribution is 2.33. The number of hydrogen-bond acceptors (Lipinski definition) is 3. The molecule has 0 unspecified atom stereocenters. The van der Waals surface area contributed by atoms with Crippen molar-refractivity contribution in [2.75, 3.05) is 18.0 Å². The Morgan fingerprint density at radius 2 is 2.17 bits per heavy atom. The molecule has 18 heavy (non-hydrogen) atoms. The van der Waals surface area contributed by atoms with E-state index in [4.69, 9.17) is 5.73 Å². The first-order valence-corrected chi connectivity index (χ1v) is 7.61. The predicted molar refractivity (Wildman–Crippen MR) is 79.9 cm³/mol. The molecule has 1 aromatic rings. The number of rotatable bonds is 5. The van der Waals surface area contributed by atoms with Crippen LogP contribution >= 0.6 is 15.9 Å². The third kappa shape index (κ3) is 3.04. The zero-order valence-electron chi connectivity index (χ0n) is 11.0. The van der Waals surface area contributed by atoms with E-state index in [0.29, 0.717) is 6.04 Å². The zero-order chi connectivity index (χ0) is 13.0. The van der Waals surface area contributed by atoms with Crippen LogP contribution in [0.2, 0.25) is 0 Å². The lowest BCUT2D eigenvalue weighted by Gasteiger charge is -2.31. The molecule has 0 spiro atoms. The molecule has 4 heteroatoms. The van der Waals surface area contributed by atoms with Crippen LogP contribution in [0.5, 0.6) is 0 Å². The van der Waals surface area contributed by atoms with Crippen LogP contribution in [-0.4, -0.2) is 24.1 Å². The quantitative estimate of drug-likeness (QED) is 0.907. The molecule has 0 amide bonds. The third-order valence-electron chi connectivity index (χ3n) is 3.70. The minimum Gasteiger partial charge on any atom is -0.353 e. The van der Waals surface area contributed by atoms with Gasteiger partial charge in [-0.15, -0.1) is 0 Å². The topological polar surface area (TPSA) is 42.2 Å². The summed E-state index contributed by atoms with van der Waals surface area (Å²) < 4.78 is 1.13. The Labute approximate surface area is 118 Å². The molecule has 0 atom stereocenters.